The molecule has 3 aliphatic rings. The van der Waals surface area contributed by atoms with Crippen molar-refractivity contribution in [3.63, 3.8) is 0 Å². The summed E-state index contributed by atoms with van der Waals surface area (Å²) in [5.74, 6) is 0.721. The summed E-state index contributed by atoms with van der Waals surface area (Å²) in [5, 5.41) is 10.0. The summed E-state index contributed by atoms with van der Waals surface area (Å²) in [6.07, 6.45) is 0. The Labute approximate surface area is 170 Å². The fraction of sp³-hybridized carbons (Fsp3) is 0.391. The normalized spacial score (nSPS) is 26.4. The second-order valence-electron chi connectivity index (χ2n) is 8.07. The van der Waals surface area contributed by atoms with Gasteiger partial charge in [0.05, 0.1) is 19.8 Å². The van der Waals surface area contributed by atoms with E-state index in [1.807, 2.05) is 18.2 Å². The molecule has 1 amide bonds. The Morgan fingerprint density at radius 1 is 1.24 bits per heavy atom. The topological polar surface area (TPSA) is 72.6 Å². The van der Waals surface area contributed by atoms with Gasteiger partial charge in [0.2, 0.25) is 0 Å². The molecule has 2 bridgehead atoms. The number of β-lactam (4-membered cyclic amide) rings is 1. The van der Waals surface area contributed by atoms with Gasteiger partial charge in [-0.3, -0.25) is 4.48 Å². The lowest BCUT2D eigenvalue weighted by Gasteiger charge is -2.57. The minimum absolute atomic E-state index is 0.0152. The van der Waals surface area contributed by atoms with Crippen LogP contribution in [0, 0.1) is 18.7 Å². The third-order valence-electron chi connectivity index (χ3n) is 6.37. The van der Waals surface area contributed by atoms with Crippen LogP contribution < -0.4 is 5.73 Å². The largest absolute Gasteiger partial charge is 0.508 e. The van der Waals surface area contributed by atoms with Gasteiger partial charge in [0.25, 0.3) is 0 Å². The molecule has 3 heterocycles. The maximum Gasteiger partial charge on any atom is 0.328 e. The van der Waals surface area contributed by atoms with Gasteiger partial charge >= 0.3 is 5.91 Å². The van der Waals surface area contributed by atoms with Gasteiger partial charge in [-0.15, -0.1) is 0 Å². The molecular weight excluding hydrogens is 371 g/mol. The van der Waals surface area contributed by atoms with E-state index in [1.165, 1.54) is 6.07 Å². The molecule has 3 saturated heterocycles. The van der Waals surface area contributed by atoms with Crippen molar-refractivity contribution < 1.29 is 23.5 Å². The highest BCUT2D eigenvalue weighted by atomic mass is 19.1. The average Bonchev–Trinajstić information content (AvgIpc) is 2.72. The molecular formula is C23H27FN2O3+. The number of rotatable bonds is 7. The van der Waals surface area contributed by atoms with E-state index in [2.05, 4.69) is 0 Å². The minimum atomic E-state index is -0.258. The van der Waals surface area contributed by atoms with Crippen LogP contribution in [0.2, 0.25) is 0 Å². The number of piperidine rings is 2. The molecule has 0 aromatic heterocycles. The number of aromatic hydroxyl groups is 1. The molecule has 0 aliphatic carbocycles. The molecule has 153 valence electrons. The molecule has 6 heteroatoms. The van der Waals surface area contributed by atoms with Gasteiger partial charge in [-0.1, -0.05) is 24.3 Å². The molecule has 29 heavy (non-hydrogen) atoms. The van der Waals surface area contributed by atoms with Crippen LogP contribution in [0.1, 0.15) is 28.5 Å². The van der Waals surface area contributed by atoms with E-state index < -0.39 is 0 Å². The summed E-state index contributed by atoms with van der Waals surface area (Å²) in [5.41, 5.74) is 7.89. The second-order valence-corrected chi connectivity index (χ2v) is 8.07. The van der Waals surface area contributed by atoms with Crippen molar-refractivity contribution in [1.82, 2.24) is 0 Å². The standard InChI is InChI=1S/C23H26FN2O3/c1-15-18(6-3-7-21(15)24)22-19(16-4-2-5-17(27)12-16)13-26(9-11-29-10-8-25)14-20(22)23(26)28/h2-7,12,19,22H,8-11,13-14,25H2,1H3/p+1. The fourth-order valence-electron chi connectivity index (χ4n) is 4.90. The first-order valence-electron chi connectivity index (χ1n) is 10.1. The van der Waals surface area contributed by atoms with Crippen molar-refractivity contribution in [2.24, 2.45) is 5.73 Å². The molecule has 3 fully saturated rings. The maximum absolute atomic E-state index is 14.3. The Morgan fingerprint density at radius 3 is 2.76 bits per heavy atom. The summed E-state index contributed by atoms with van der Waals surface area (Å²) in [4.78, 5) is 13.2. The molecule has 5 nitrogen and oxygen atoms in total. The Hall–Kier alpha value is -2.28. The number of phenolic OH excluding ortho intramolecular Hbond substituents is 1. The van der Waals surface area contributed by atoms with Crippen molar-refractivity contribution in [2.75, 3.05) is 39.4 Å². The number of quaternary nitrogens is 1. The van der Waals surface area contributed by atoms with Crippen molar-refractivity contribution in [3.8, 4) is 5.75 Å². The Morgan fingerprint density at radius 2 is 2.03 bits per heavy atom. The van der Waals surface area contributed by atoms with Crippen LogP contribution in [0.25, 0.3) is 0 Å². The average molecular weight is 398 g/mol. The third-order valence-corrected chi connectivity index (χ3v) is 6.37. The monoisotopic (exact) mass is 398 g/mol. The lowest BCUT2D eigenvalue weighted by molar-refractivity contribution is -0.882. The Bertz CT molecular complexity index is 919. The number of ether oxygens (including phenoxy) is 1. The van der Waals surface area contributed by atoms with Crippen LogP contribution in [0.4, 0.5) is 4.39 Å². The Kier molecular flexibility index (Phi) is 5.42. The van der Waals surface area contributed by atoms with E-state index in [0.29, 0.717) is 49.4 Å². The van der Waals surface area contributed by atoms with E-state index in [-0.39, 0.29) is 29.3 Å². The highest BCUT2D eigenvalue weighted by Gasteiger charge is 2.65. The number of halogens is 1. The van der Waals surface area contributed by atoms with Crippen molar-refractivity contribution in [2.45, 2.75) is 18.8 Å². The third kappa shape index (κ3) is 3.45. The van der Waals surface area contributed by atoms with Gasteiger partial charge < -0.3 is 15.6 Å². The van der Waals surface area contributed by atoms with Gasteiger partial charge in [0.15, 0.2) is 5.92 Å². The molecule has 1 radical (unpaired) electrons. The number of nitrogens with zero attached hydrogens (tertiary/aromatic N) is 1. The van der Waals surface area contributed by atoms with Crippen molar-refractivity contribution >= 4 is 5.91 Å². The fourth-order valence-corrected chi connectivity index (χ4v) is 4.90. The molecule has 2 aromatic carbocycles. The van der Waals surface area contributed by atoms with Gasteiger partial charge in [0, 0.05) is 18.4 Å². The first-order chi connectivity index (χ1) is 14.0. The van der Waals surface area contributed by atoms with Crippen LogP contribution >= 0.6 is 0 Å². The number of fused-ring (bicyclic) bond motifs is 2. The van der Waals surface area contributed by atoms with Crippen LogP contribution in [-0.2, 0) is 9.53 Å². The first-order valence-corrected chi connectivity index (χ1v) is 10.1. The molecule has 0 saturated carbocycles. The summed E-state index contributed by atoms with van der Waals surface area (Å²) >= 11 is 0. The zero-order valence-electron chi connectivity index (χ0n) is 16.6. The SMILES string of the molecule is Cc1c(F)cccc1C1[C]2C[N+](CCOCCN)(CC1c1cccc(O)c1)C2=O. The minimum Gasteiger partial charge on any atom is -0.508 e. The molecule has 3 N–H and O–H groups in total. The number of carbonyl (C=O) groups is 1. The number of nitrogens with two attached hydrogens (primary N) is 1. The number of carbonyl (C=O) groups excluding carboxylic acids is 1. The van der Waals surface area contributed by atoms with Crippen molar-refractivity contribution in [1.29, 1.82) is 0 Å². The van der Waals surface area contributed by atoms with Gasteiger partial charge in [-0.05, 0) is 41.8 Å². The van der Waals surface area contributed by atoms with Crippen molar-refractivity contribution in [3.05, 3.63) is 70.9 Å². The smallest absolute Gasteiger partial charge is 0.328 e. The van der Waals surface area contributed by atoms with Crippen LogP contribution in [0.15, 0.2) is 42.5 Å². The highest BCUT2D eigenvalue weighted by Crippen LogP contribution is 2.54. The number of phenols is 1. The van der Waals surface area contributed by atoms with E-state index in [9.17, 15) is 14.3 Å². The maximum atomic E-state index is 14.3. The summed E-state index contributed by atoms with van der Waals surface area (Å²) in [6, 6.07) is 12.3. The number of amides is 1. The molecule has 5 rings (SSSR count). The van der Waals surface area contributed by atoms with Crippen LogP contribution in [-0.4, -0.2) is 54.9 Å². The Balaban J connectivity index is 1.69. The zero-order valence-corrected chi connectivity index (χ0v) is 16.6. The van der Waals surface area contributed by atoms with E-state index in [4.69, 9.17) is 10.5 Å². The van der Waals surface area contributed by atoms with E-state index in [1.54, 1.807) is 25.1 Å². The summed E-state index contributed by atoms with van der Waals surface area (Å²) < 4.78 is 20.2. The predicted octanol–water partition coefficient (Wildman–Crippen LogP) is 2.63. The molecule has 0 spiro atoms. The van der Waals surface area contributed by atoms with E-state index >= 15 is 0 Å². The van der Waals surface area contributed by atoms with Gasteiger partial charge in [0.1, 0.15) is 24.7 Å². The van der Waals surface area contributed by atoms with Crippen LogP contribution in [0.5, 0.6) is 5.75 Å². The zero-order chi connectivity index (χ0) is 20.6. The molecule has 3 atom stereocenters. The lowest BCUT2D eigenvalue weighted by atomic mass is 9.63. The predicted molar refractivity (Wildman–Crippen MR) is 108 cm³/mol. The molecule has 2 aromatic rings. The number of benzene rings is 2. The van der Waals surface area contributed by atoms with Gasteiger partial charge in [-0.2, -0.15) is 0 Å². The van der Waals surface area contributed by atoms with E-state index in [0.717, 1.165) is 17.0 Å². The number of hydrogen-bond acceptors (Lipinski definition) is 4. The second kappa shape index (κ2) is 7.86. The first kappa shape index (κ1) is 20.0. The molecule has 3 aliphatic heterocycles. The van der Waals surface area contributed by atoms with Gasteiger partial charge in [-0.25, -0.2) is 9.18 Å². The summed E-state index contributed by atoms with van der Waals surface area (Å²) in [6.45, 7) is 5.06. The van der Waals surface area contributed by atoms with Crippen LogP contribution in [0.3, 0.4) is 0 Å². The quantitative estimate of drug-likeness (QED) is 0.427. The molecule has 3 unspecified atom stereocenters. The number of hydrogen-bond donors (Lipinski definition) is 2. The highest BCUT2D eigenvalue weighted by molar-refractivity contribution is 5.92. The summed E-state index contributed by atoms with van der Waals surface area (Å²) in [7, 11) is 0. The lowest BCUT2D eigenvalue weighted by Crippen LogP contribution is -2.74.